The Labute approximate surface area is 123 Å². The summed E-state index contributed by atoms with van der Waals surface area (Å²) in [5.41, 5.74) is 0. The Morgan fingerprint density at radius 1 is 1.36 bits per heavy atom. The molecule has 2 nitrogen and oxygen atoms in total. The van der Waals surface area contributed by atoms with Gasteiger partial charge < -0.3 is 4.74 Å². The Balaban J connectivity index is 3.07. The van der Waals surface area contributed by atoms with Gasteiger partial charge in [0.1, 0.15) is 5.75 Å². The average Bonchev–Trinajstić information content (AvgIpc) is 2.13. The van der Waals surface area contributed by atoms with Crippen LogP contribution in [0.5, 0.6) is 5.75 Å². The van der Waals surface area contributed by atoms with Crippen LogP contribution in [-0.4, -0.2) is 5.97 Å². The van der Waals surface area contributed by atoms with E-state index < -0.39 is 5.97 Å². The zero-order valence-corrected chi connectivity index (χ0v) is 13.4. The second kappa shape index (κ2) is 5.64. The molecule has 0 bridgehead atoms. The van der Waals surface area contributed by atoms with Gasteiger partial charge in [0.25, 0.3) is 0 Å². The van der Waals surface area contributed by atoms with Crippen LogP contribution < -0.4 is 4.74 Å². The van der Waals surface area contributed by atoms with Crippen LogP contribution >= 0.6 is 67.8 Å². The second-order valence-electron chi connectivity index (χ2n) is 2.32. The summed E-state index contributed by atoms with van der Waals surface area (Å²) in [6, 6.07) is 3.85. The monoisotopic (exact) mass is 526 g/mol. The number of carbonyl (C=O) groups is 1. The van der Waals surface area contributed by atoms with E-state index >= 15 is 0 Å². The lowest BCUT2D eigenvalue weighted by Crippen LogP contribution is -2.05. The number of hydrogen-bond acceptors (Lipinski definition) is 2. The van der Waals surface area contributed by atoms with Crippen molar-refractivity contribution in [2.24, 2.45) is 0 Å². The first kappa shape index (κ1) is 12.7. The third kappa shape index (κ3) is 3.33. The number of carbonyl (C=O) groups excluding carboxylic acids is 1. The molecule has 0 atom stereocenters. The van der Waals surface area contributed by atoms with Crippen LogP contribution in [0.1, 0.15) is 0 Å². The van der Waals surface area contributed by atoms with Gasteiger partial charge >= 0.3 is 5.97 Å². The van der Waals surface area contributed by atoms with Crippen molar-refractivity contribution in [1.82, 2.24) is 0 Å². The molecular weight excluding hydrogens is 521 g/mol. The van der Waals surface area contributed by atoms with Crippen LogP contribution in [0, 0.1) is 10.7 Å². The van der Waals surface area contributed by atoms with Crippen molar-refractivity contribution in [3.63, 3.8) is 0 Å². The Morgan fingerprint density at radius 3 is 2.57 bits per heavy atom. The van der Waals surface area contributed by atoms with E-state index in [9.17, 15) is 4.79 Å². The molecule has 0 amide bonds. The lowest BCUT2D eigenvalue weighted by molar-refractivity contribution is -0.129. The molecule has 0 radical (unpaired) electrons. The molecule has 0 aliphatic carbocycles. The SMILES string of the molecule is C=CC(=O)Oc1cc(I)cc(I)c1I. The van der Waals surface area contributed by atoms with Crippen LogP contribution in [-0.2, 0) is 4.79 Å². The van der Waals surface area contributed by atoms with E-state index in [0.717, 1.165) is 16.8 Å². The summed E-state index contributed by atoms with van der Waals surface area (Å²) >= 11 is 6.54. The molecule has 0 saturated heterocycles. The molecule has 0 aliphatic rings. The highest BCUT2D eigenvalue weighted by molar-refractivity contribution is 14.1. The lowest BCUT2D eigenvalue weighted by Gasteiger charge is -2.06. The first-order chi connectivity index (χ1) is 6.54. The minimum atomic E-state index is -0.430. The van der Waals surface area contributed by atoms with Crippen molar-refractivity contribution in [3.05, 3.63) is 35.5 Å². The van der Waals surface area contributed by atoms with E-state index in [4.69, 9.17) is 4.74 Å². The predicted molar refractivity (Wildman–Crippen MR) is 80.4 cm³/mol. The number of esters is 1. The summed E-state index contributed by atoms with van der Waals surface area (Å²) in [5, 5.41) is 0. The van der Waals surface area contributed by atoms with Crippen molar-refractivity contribution in [2.75, 3.05) is 0 Å². The van der Waals surface area contributed by atoms with Gasteiger partial charge in [0, 0.05) is 13.2 Å². The Hall–Kier alpha value is 0.620. The van der Waals surface area contributed by atoms with Gasteiger partial charge in [0.2, 0.25) is 0 Å². The molecule has 0 N–H and O–H groups in total. The molecule has 1 aromatic carbocycles. The van der Waals surface area contributed by atoms with Crippen molar-refractivity contribution >= 4 is 73.7 Å². The van der Waals surface area contributed by atoms with Crippen molar-refractivity contribution in [3.8, 4) is 5.75 Å². The fraction of sp³-hybridized carbons (Fsp3) is 0. The van der Waals surface area contributed by atoms with E-state index in [-0.39, 0.29) is 0 Å². The maximum absolute atomic E-state index is 11.0. The minimum Gasteiger partial charge on any atom is -0.422 e. The molecule has 14 heavy (non-hydrogen) atoms. The maximum Gasteiger partial charge on any atom is 0.335 e. The third-order valence-electron chi connectivity index (χ3n) is 1.34. The molecule has 0 heterocycles. The standard InChI is InChI=1S/C9H5I3O2/c1-2-8(13)14-7-4-5(10)3-6(11)9(7)12/h2-4H,1H2. The highest BCUT2D eigenvalue weighted by atomic mass is 127. The van der Waals surface area contributed by atoms with Gasteiger partial charge in [-0.05, 0) is 79.9 Å². The lowest BCUT2D eigenvalue weighted by atomic mass is 10.3. The molecular formula is C9H5I3O2. The van der Waals surface area contributed by atoms with Crippen molar-refractivity contribution < 1.29 is 9.53 Å². The van der Waals surface area contributed by atoms with Crippen LogP contribution in [0.4, 0.5) is 0 Å². The van der Waals surface area contributed by atoms with Gasteiger partial charge in [-0.3, -0.25) is 0 Å². The average molecular weight is 526 g/mol. The fourth-order valence-corrected chi connectivity index (χ4v) is 2.97. The first-order valence-corrected chi connectivity index (χ1v) is 6.77. The highest BCUT2D eigenvalue weighted by Crippen LogP contribution is 2.28. The number of hydrogen-bond donors (Lipinski definition) is 0. The molecule has 5 heteroatoms. The summed E-state index contributed by atoms with van der Waals surface area (Å²) in [5.74, 6) is 0.160. The molecule has 0 aliphatic heterocycles. The minimum absolute atomic E-state index is 0.430. The van der Waals surface area contributed by atoms with Gasteiger partial charge in [0.05, 0.1) is 3.57 Å². The second-order valence-corrected chi connectivity index (χ2v) is 5.81. The number of halogens is 3. The number of benzene rings is 1. The number of rotatable bonds is 2. The zero-order chi connectivity index (χ0) is 10.7. The molecule has 0 saturated carbocycles. The quantitative estimate of drug-likeness (QED) is 0.194. The Kier molecular flexibility index (Phi) is 5.11. The summed E-state index contributed by atoms with van der Waals surface area (Å²) < 4.78 is 8.14. The van der Waals surface area contributed by atoms with E-state index in [2.05, 4.69) is 74.4 Å². The summed E-state index contributed by atoms with van der Waals surface area (Å²) in [6.07, 6.45) is 1.16. The summed E-state index contributed by atoms with van der Waals surface area (Å²) in [7, 11) is 0. The topological polar surface area (TPSA) is 26.3 Å². The number of ether oxygens (including phenoxy) is 1. The largest absolute Gasteiger partial charge is 0.422 e. The van der Waals surface area contributed by atoms with Gasteiger partial charge in [-0.25, -0.2) is 4.79 Å². The van der Waals surface area contributed by atoms with E-state index in [1.54, 1.807) is 0 Å². The van der Waals surface area contributed by atoms with E-state index in [1.165, 1.54) is 0 Å². The Bertz CT molecular complexity index is 388. The van der Waals surface area contributed by atoms with Gasteiger partial charge in [-0.2, -0.15) is 0 Å². The van der Waals surface area contributed by atoms with Crippen LogP contribution in [0.3, 0.4) is 0 Å². The third-order valence-corrected chi connectivity index (χ3v) is 4.96. The molecule has 0 aromatic heterocycles. The zero-order valence-electron chi connectivity index (χ0n) is 6.89. The Morgan fingerprint density at radius 2 is 2.00 bits per heavy atom. The summed E-state index contributed by atoms with van der Waals surface area (Å²) in [6.45, 7) is 3.35. The van der Waals surface area contributed by atoms with E-state index in [1.807, 2.05) is 12.1 Å². The fourth-order valence-electron chi connectivity index (χ4n) is 0.757. The first-order valence-electron chi connectivity index (χ1n) is 3.53. The molecule has 0 fully saturated rings. The van der Waals surface area contributed by atoms with Crippen LogP contribution in [0.15, 0.2) is 24.8 Å². The smallest absolute Gasteiger partial charge is 0.335 e. The van der Waals surface area contributed by atoms with Crippen LogP contribution in [0.25, 0.3) is 0 Å². The van der Waals surface area contributed by atoms with Crippen LogP contribution in [0.2, 0.25) is 0 Å². The van der Waals surface area contributed by atoms with Gasteiger partial charge in [-0.15, -0.1) is 0 Å². The molecule has 0 spiro atoms. The molecule has 74 valence electrons. The molecule has 0 unspecified atom stereocenters. The molecule has 1 rings (SSSR count). The normalized spacial score (nSPS) is 9.64. The predicted octanol–water partition coefficient (Wildman–Crippen LogP) is 3.59. The van der Waals surface area contributed by atoms with Gasteiger partial charge in [0.15, 0.2) is 0 Å². The highest BCUT2D eigenvalue weighted by Gasteiger charge is 2.09. The van der Waals surface area contributed by atoms with E-state index in [0.29, 0.717) is 5.75 Å². The summed E-state index contributed by atoms with van der Waals surface area (Å²) in [4.78, 5) is 11.0. The maximum atomic E-state index is 11.0. The van der Waals surface area contributed by atoms with Gasteiger partial charge in [-0.1, -0.05) is 6.58 Å². The molecule has 1 aromatic rings. The van der Waals surface area contributed by atoms with Crippen molar-refractivity contribution in [1.29, 1.82) is 0 Å². The van der Waals surface area contributed by atoms with Crippen molar-refractivity contribution in [2.45, 2.75) is 0 Å².